The number of fused-ring (bicyclic) bond motifs is 1. The zero-order chi connectivity index (χ0) is 14.5. The van der Waals surface area contributed by atoms with Crippen LogP contribution in [0.4, 0.5) is 0 Å². The monoisotopic (exact) mass is 287 g/mol. The van der Waals surface area contributed by atoms with Gasteiger partial charge in [0.05, 0.1) is 6.04 Å². The highest BCUT2D eigenvalue weighted by Gasteiger charge is 2.23. The topological polar surface area (TPSA) is 44.4 Å². The molecule has 1 aromatic rings. The van der Waals surface area contributed by atoms with Crippen molar-refractivity contribution in [2.24, 2.45) is 0 Å². The first-order valence-electron chi connectivity index (χ1n) is 8.13. The van der Waals surface area contributed by atoms with Crippen molar-refractivity contribution in [2.45, 2.75) is 38.3 Å². The molecule has 0 aromatic heterocycles. The van der Waals surface area contributed by atoms with Crippen LogP contribution in [-0.2, 0) is 17.8 Å². The van der Waals surface area contributed by atoms with Gasteiger partial charge in [-0.15, -0.1) is 0 Å². The lowest BCUT2D eigenvalue weighted by Gasteiger charge is -2.25. The standard InChI is InChI=1S/C17H25N3O/c21-17(18-8-5-11-20-9-3-4-10-20)16-12-14-6-1-2-7-15(14)13-19-16/h1-2,6-7,16,19H,3-5,8-13H2,(H,18,21)/t16-/m1/s1. The second kappa shape index (κ2) is 7.05. The molecule has 21 heavy (non-hydrogen) atoms. The molecular weight excluding hydrogens is 262 g/mol. The Morgan fingerprint density at radius 1 is 1.24 bits per heavy atom. The number of rotatable bonds is 5. The number of hydrogen-bond donors (Lipinski definition) is 2. The van der Waals surface area contributed by atoms with Gasteiger partial charge in [0.2, 0.25) is 5.91 Å². The number of carbonyl (C=O) groups is 1. The molecule has 1 fully saturated rings. The zero-order valence-corrected chi connectivity index (χ0v) is 12.6. The van der Waals surface area contributed by atoms with Crippen molar-refractivity contribution in [2.75, 3.05) is 26.2 Å². The number of hydrogen-bond acceptors (Lipinski definition) is 3. The molecule has 0 aliphatic carbocycles. The summed E-state index contributed by atoms with van der Waals surface area (Å²) >= 11 is 0. The van der Waals surface area contributed by atoms with Crippen LogP contribution >= 0.6 is 0 Å². The molecule has 2 heterocycles. The van der Waals surface area contributed by atoms with E-state index in [0.717, 1.165) is 32.5 Å². The van der Waals surface area contributed by atoms with E-state index < -0.39 is 0 Å². The Bertz CT molecular complexity index is 483. The van der Waals surface area contributed by atoms with Gasteiger partial charge < -0.3 is 15.5 Å². The quantitative estimate of drug-likeness (QED) is 0.803. The molecular formula is C17H25N3O. The summed E-state index contributed by atoms with van der Waals surface area (Å²) in [5, 5.41) is 6.41. The minimum atomic E-state index is -0.0771. The lowest BCUT2D eigenvalue weighted by Crippen LogP contribution is -2.48. The molecule has 0 bridgehead atoms. The van der Waals surface area contributed by atoms with Crippen LogP contribution in [0, 0.1) is 0 Å². The molecule has 2 aliphatic rings. The van der Waals surface area contributed by atoms with Crippen molar-refractivity contribution >= 4 is 5.91 Å². The molecule has 3 rings (SSSR count). The Labute approximate surface area is 126 Å². The van der Waals surface area contributed by atoms with Crippen LogP contribution in [-0.4, -0.2) is 43.0 Å². The smallest absolute Gasteiger partial charge is 0.237 e. The van der Waals surface area contributed by atoms with Crippen molar-refractivity contribution < 1.29 is 4.79 Å². The SMILES string of the molecule is O=C(NCCCN1CCCC1)[C@H]1Cc2ccccc2CN1. The normalized spacial score (nSPS) is 22.0. The van der Waals surface area contributed by atoms with Crippen LogP contribution in [0.3, 0.4) is 0 Å². The summed E-state index contributed by atoms with van der Waals surface area (Å²) in [6, 6.07) is 8.29. The van der Waals surface area contributed by atoms with E-state index in [1.54, 1.807) is 0 Å². The zero-order valence-electron chi connectivity index (χ0n) is 12.6. The third-order valence-electron chi connectivity index (χ3n) is 4.55. The summed E-state index contributed by atoms with van der Waals surface area (Å²) < 4.78 is 0. The van der Waals surface area contributed by atoms with E-state index in [1.807, 2.05) is 0 Å². The van der Waals surface area contributed by atoms with Gasteiger partial charge in [-0.3, -0.25) is 4.79 Å². The Balaban J connectivity index is 1.40. The summed E-state index contributed by atoms with van der Waals surface area (Å²) in [5.41, 5.74) is 2.61. The van der Waals surface area contributed by atoms with Crippen molar-refractivity contribution in [3.63, 3.8) is 0 Å². The van der Waals surface area contributed by atoms with Gasteiger partial charge in [0, 0.05) is 13.1 Å². The molecule has 4 nitrogen and oxygen atoms in total. The van der Waals surface area contributed by atoms with E-state index in [-0.39, 0.29) is 11.9 Å². The predicted molar refractivity (Wildman–Crippen MR) is 84.1 cm³/mol. The highest BCUT2D eigenvalue weighted by molar-refractivity contribution is 5.82. The molecule has 1 saturated heterocycles. The fraction of sp³-hybridized carbons (Fsp3) is 0.588. The van der Waals surface area contributed by atoms with Gasteiger partial charge in [0.1, 0.15) is 0 Å². The molecule has 0 spiro atoms. The summed E-state index contributed by atoms with van der Waals surface area (Å²) in [6.07, 6.45) is 4.51. The molecule has 0 unspecified atom stereocenters. The van der Waals surface area contributed by atoms with Crippen molar-refractivity contribution in [1.29, 1.82) is 0 Å². The molecule has 2 N–H and O–H groups in total. The maximum absolute atomic E-state index is 12.2. The highest BCUT2D eigenvalue weighted by Crippen LogP contribution is 2.16. The van der Waals surface area contributed by atoms with Crippen LogP contribution < -0.4 is 10.6 Å². The molecule has 4 heteroatoms. The van der Waals surface area contributed by atoms with E-state index in [2.05, 4.69) is 39.8 Å². The Kier molecular flexibility index (Phi) is 4.88. The van der Waals surface area contributed by atoms with Crippen LogP contribution in [0.5, 0.6) is 0 Å². The Morgan fingerprint density at radius 3 is 2.81 bits per heavy atom. The number of benzene rings is 1. The van der Waals surface area contributed by atoms with Crippen LogP contribution in [0.25, 0.3) is 0 Å². The summed E-state index contributed by atoms with van der Waals surface area (Å²) in [6.45, 7) is 5.15. The predicted octanol–water partition coefficient (Wildman–Crippen LogP) is 1.30. The van der Waals surface area contributed by atoms with Crippen LogP contribution in [0.15, 0.2) is 24.3 Å². The average Bonchev–Trinajstić information content (AvgIpc) is 3.04. The fourth-order valence-corrected chi connectivity index (χ4v) is 3.28. The van der Waals surface area contributed by atoms with Gasteiger partial charge in [0.25, 0.3) is 0 Å². The first-order chi connectivity index (χ1) is 10.3. The van der Waals surface area contributed by atoms with Crippen LogP contribution in [0.1, 0.15) is 30.4 Å². The van der Waals surface area contributed by atoms with Gasteiger partial charge in [-0.25, -0.2) is 0 Å². The molecule has 0 saturated carbocycles. The van der Waals surface area contributed by atoms with Gasteiger partial charge in [-0.1, -0.05) is 24.3 Å². The van der Waals surface area contributed by atoms with Gasteiger partial charge in [-0.2, -0.15) is 0 Å². The number of nitrogens with zero attached hydrogens (tertiary/aromatic N) is 1. The molecule has 1 amide bonds. The second-order valence-corrected chi connectivity index (χ2v) is 6.10. The summed E-state index contributed by atoms with van der Waals surface area (Å²) in [5.74, 6) is 0.144. The van der Waals surface area contributed by atoms with E-state index in [9.17, 15) is 4.79 Å². The lowest BCUT2D eigenvalue weighted by molar-refractivity contribution is -0.123. The van der Waals surface area contributed by atoms with Gasteiger partial charge in [-0.05, 0) is 56.4 Å². The fourth-order valence-electron chi connectivity index (χ4n) is 3.28. The third-order valence-corrected chi connectivity index (χ3v) is 4.55. The number of nitrogens with one attached hydrogen (secondary N) is 2. The first-order valence-corrected chi connectivity index (χ1v) is 8.13. The van der Waals surface area contributed by atoms with Gasteiger partial charge >= 0.3 is 0 Å². The largest absolute Gasteiger partial charge is 0.355 e. The van der Waals surface area contributed by atoms with Crippen molar-refractivity contribution in [3.8, 4) is 0 Å². The van der Waals surface area contributed by atoms with Crippen molar-refractivity contribution in [1.82, 2.24) is 15.5 Å². The Morgan fingerprint density at radius 2 is 2.00 bits per heavy atom. The minimum Gasteiger partial charge on any atom is -0.355 e. The Hall–Kier alpha value is -1.39. The maximum Gasteiger partial charge on any atom is 0.237 e. The molecule has 0 radical (unpaired) electrons. The lowest BCUT2D eigenvalue weighted by atomic mass is 9.95. The minimum absolute atomic E-state index is 0.0771. The average molecular weight is 287 g/mol. The molecule has 2 aliphatic heterocycles. The first kappa shape index (κ1) is 14.5. The van der Waals surface area contributed by atoms with Gasteiger partial charge in [0.15, 0.2) is 0 Å². The number of amides is 1. The number of likely N-dealkylation sites (tertiary alicyclic amines) is 1. The van der Waals surface area contributed by atoms with Crippen LogP contribution in [0.2, 0.25) is 0 Å². The maximum atomic E-state index is 12.2. The summed E-state index contributed by atoms with van der Waals surface area (Å²) in [4.78, 5) is 14.7. The number of carbonyl (C=O) groups excluding carboxylic acids is 1. The molecule has 1 atom stereocenters. The summed E-state index contributed by atoms with van der Waals surface area (Å²) in [7, 11) is 0. The van der Waals surface area contributed by atoms with E-state index >= 15 is 0 Å². The molecule has 1 aromatic carbocycles. The second-order valence-electron chi connectivity index (χ2n) is 6.10. The van der Waals surface area contributed by atoms with E-state index in [1.165, 1.54) is 37.1 Å². The third kappa shape index (κ3) is 3.83. The van der Waals surface area contributed by atoms with Crippen molar-refractivity contribution in [3.05, 3.63) is 35.4 Å². The molecule has 114 valence electrons. The van der Waals surface area contributed by atoms with E-state index in [0.29, 0.717) is 0 Å². The van der Waals surface area contributed by atoms with E-state index in [4.69, 9.17) is 0 Å². The highest BCUT2D eigenvalue weighted by atomic mass is 16.2.